The second-order valence-electron chi connectivity index (χ2n) is 3.62. The number of hydrogen-bond donors (Lipinski definition) is 1. The highest BCUT2D eigenvalue weighted by atomic mass is 127. The number of anilines is 1. The van der Waals surface area contributed by atoms with Gasteiger partial charge in [-0.15, -0.1) is 0 Å². The molecule has 2 rings (SSSR count). The van der Waals surface area contributed by atoms with Crippen LogP contribution >= 0.6 is 22.6 Å². The van der Waals surface area contributed by atoms with Crippen LogP contribution < -0.4 is 5.73 Å². The predicted octanol–water partition coefficient (Wildman–Crippen LogP) is 1.93. The van der Waals surface area contributed by atoms with Crippen LogP contribution in [-0.2, 0) is 16.1 Å². The second-order valence-corrected chi connectivity index (χ2v) is 4.78. The van der Waals surface area contributed by atoms with Crippen LogP contribution in [0, 0.1) is 9.39 Å². The predicted molar refractivity (Wildman–Crippen MR) is 73.5 cm³/mol. The summed E-state index contributed by atoms with van der Waals surface area (Å²) in [6, 6.07) is 2.91. The SMILES string of the molecule is CCOC(=O)Cn1c(N)nc2cc(I)c(F)cc21. The van der Waals surface area contributed by atoms with Crippen molar-refractivity contribution < 1.29 is 13.9 Å². The van der Waals surface area contributed by atoms with Crippen molar-refractivity contribution in [3.05, 3.63) is 21.5 Å². The minimum absolute atomic E-state index is 0.0732. The van der Waals surface area contributed by atoms with E-state index in [0.717, 1.165) is 0 Å². The Morgan fingerprint density at radius 2 is 2.33 bits per heavy atom. The van der Waals surface area contributed by atoms with Crippen LogP contribution in [0.25, 0.3) is 11.0 Å². The summed E-state index contributed by atoms with van der Waals surface area (Å²) in [5.74, 6) is -0.630. The molecule has 7 heteroatoms. The number of ether oxygens (including phenoxy) is 1. The van der Waals surface area contributed by atoms with Gasteiger partial charge in [-0.25, -0.2) is 9.37 Å². The van der Waals surface area contributed by atoms with E-state index in [-0.39, 0.29) is 24.9 Å². The van der Waals surface area contributed by atoms with E-state index < -0.39 is 5.97 Å². The van der Waals surface area contributed by atoms with Gasteiger partial charge in [-0.2, -0.15) is 0 Å². The van der Waals surface area contributed by atoms with Crippen molar-refractivity contribution in [3.63, 3.8) is 0 Å². The van der Waals surface area contributed by atoms with Crippen molar-refractivity contribution in [2.24, 2.45) is 0 Å². The Hall–Kier alpha value is -1.38. The highest BCUT2D eigenvalue weighted by molar-refractivity contribution is 14.1. The summed E-state index contributed by atoms with van der Waals surface area (Å²) in [7, 11) is 0. The van der Waals surface area contributed by atoms with Crippen LogP contribution in [0.1, 0.15) is 6.92 Å². The molecule has 0 aliphatic carbocycles. The summed E-state index contributed by atoms with van der Waals surface area (Å²) in [6.07, 6.45) is 0. The Balaban J connectivity index is 2.46. The number of esters is 1. The van der Waals surface area contributed by atoms with E-state index in [0.29, 0.717) is 14.6 Å². The van der Waals surface area contributed by atoms with E-state index in [1.807, 2.05) is 22.6 Å². The zero-order valence-corrected chi connectivity index (χ0v) is 11.8. The van der Waals surface area contributed by atoms with Crippen molar-refractivity contribution in [3.8, 4) is 0 Å². The minimum Gasteiger partial charge on any atom is -0.465 e. The molecular weight excluding hydrogens is 352 g/mol. The summed E-state index contributed by atoms with van der Waals surface area (Å²) in [6.45, 7) is 1.93. The molecule has 0 bridgehead atoms. The Morgan fingerprint density at radius 3 is 3.00 bits per heavy atom. The first kappa shape index (κ1) is 13.1. The Labute approximate surface area is 116 Å². The summed E-state index contributed by atoms with van der Waals surface area (Å²) < 4.78 is 20.2. The number of benzene rings is 1. The lowest BCUT2D eigenvalue weighted by molar-refractivity contribution is -0.143. The molecule has 18 heavy (non-hydrogen) atoms. The molecule has 5 nitrogen and oxygen atoms in total. The topological polar surface area (TPSA) is 70.1 Å². The fourth-order valence-corrected chi connectivity index (χ4v) is 2.09. The maximum Gasteiger partial charge on any atom is 0.326 e. The Bertz CT molecular complexity index is 612. The van der Waals surface area contributed by atoms with Crippen molar-refractivity contribution in [1.29, 1.82) is 0 Å². The first-order chi connectivity index (χ1) is 8.52. The van der Waals surface area contributed by atoms with Crippen molar-refractivity contribution in [2.45, 2.75) is 13.5 Å². The van der Waals surface area contributed by atoms with Gasteiger partial charge in [-0.1, -0.05) is 0 Å². The Kier molecular flexibility index (Phi) is 3.69. The van der Waals surface area contributed by atoms with Gasteiger partial charge in [0.15, 0.2) is 0 Å². The number of nitrogens with zero attached hydrogens (tertiary/aromatic N) is 2. The lowest BCUT2D eigenvalue weighted by Gasteiger charge is -2.06. The van der Waals surface area contributed by atoms with Crippen molar-refractivity contribution in [2.75, 3.05) is 12.3 Å². The van der Waals surface area contributed by atoms with Gasteiger partial charge in [-0.05, 0) is 35.6 Å². The van der Waals surface area contributed by atoms with Crippen LogP contribution in [0.15, 0.2) is 12.1 Å². The average Bonchev–Trinajstić information content (AvgIpc) is 2.57. The number of nitrogen functional groups attached to an aromatic ring is 1. The van der Waals surface area contributed by atoms with Gasteiger partial charge in [0.05, 0.1) is 21.2 Å². The molecule has 0 saturated carbocycles. The van der Waals surface area contributed by atoms with Crippen molar-refractivity contribution >= 4 is 45.5 Å². The van der Waals surface area contributed by atoms with Crippen LogP contribution in [0.3, 0.4) is 0 Å². The van der Waals surface area contributed by atoms with E-state index >= 15 is 0 Å². The van der Waals surface area contributed by atoms with Crippen LogP contribution in [0.5, 0.6) is 0 Å². The third-order valence-corrected chi connectivity index (χ3v) is 3.24. The van der Waals surface area contributed by atoms with Crippen LogP contribution in [0.2, 0.25) is 0 Å². The van der Waals surface area contributed by atoms with Gasteiger partial charge in [-0.3, -0.25) is 9.36 Å². The molecule has 96 valence electrons. The second kappa shape index (κ2) is 5.09. The standard InChI is InChI=1S/C11H11FIN3O2/c1-2-18-10(17)5-16-9-3-6(12)7(13)4-8(9)15-11(16)14/h3-4H,2,5H2,1H3,(H2,14,15). The van der Waals surface area contributed by atoms with Crippen LogP contribution in [0.4, 0.5) is 10.3 Å². The van der Waals surface area contributed by atoms with Gasteiger partial charge >= 0.3 is 5.97 Å². The smallest absolute Gasteiger partial charge is 0.326 e. The minimum atomic E-state index is -0.428. The number of aromatic nitrogens is 2. The Morgan fingerprint density at radius 1 is 1.61 bits per heavy atom. The van der Waals surface area contributed by atoms with Gasteiger partial charge in [0.2, 0.25) is 5.95 Å². The average molecular weight is 363 g/mol. The molecule has 1 heterocycles. The summed E-state index contributed by atoms with van der Waals surface area (Å²) >= 11 is 1.88. The highest BCUT2D eigenvalue weighted by Gasteiger charge is 2.14. The zero-order valence-electron chi connectivity index (χ0n) is 9.61. The molecule has 0 saturated heterocycles. The van der Waals surface area contributed by atoms with Gasteiger partial charge < -0.3 is 10.5 Å². The maximum atomic E-state index is 13.5. The lowest BCUT2D eigenvalue weighted by atomic mass is 10.3. The summed E-state index contributed by atoms with van der Waals surface area (Å²) in [4.78, 5) is 15.5. The maximum absolute atomic E-state index is 13.5. The third-order valence-electron chi connectivity index (χ3n) is 2.41. The summed E-state index contributed by atoms with van der Waals surface area (Å²) in [5.41, 5.74) is 6.76. The number of imidazole rings is 1. The number of fused-ring (bicyclic) bond motifs is 1. The fourth-order valence-electron chi connectivity index (χ4n) is 1.64. The molecule has 2 aromatic rings. The summed E-state index contributed by atoms with van der Waals surface area (Å²) in [5, 5.41) is 0. The van der Waals surface area contributed by atoms with E-state index in [4.69, 9.17) is 10.5 Å². The molecular formula is C11H11FIN3O2. The molecule has 0 radical (unpaired) electrons. The number of carbonyl (C=O) groups excluding carboxylic acids is 1. The lowest BCUT2D eigenvalue weighted by Crippen LogP contribution is -2.15. The van der Waals surface area contributed by atoms with Crippen molar-refractivity contribution in [1.82, 2.24) is 9.55 Å². The fraction of sp³-hybridized carbons (Fsp3) is 0.273. The van der Waals surface area contributed by atoms with Gasteiger partial charge in [0, 0.05) is 6.07 Å². The molecule has 0 spiro atoms. The molecule has 0 aliphatic rings. The number of carbonyl (C=O) groups is 1. The molecule has 1 aromatic carbocycles. The first-order valence-corrected chi connectivity index (χ1v) is 6.37. The molecule has 0 amide bonds. The number of nitrogens with two attached hydrogens (primary N) is 1. The van der Waals surface area contributed by atoms with E-state index in [1.165, 1.54) is 10.6 Å². The number of hydrogen-bond acceptors (Lipinski definition) is 4. The molecule has 0 fully saturated rings. The number of halogens is 2. The molecule has 0 unspecified atom stereocenters. The van der Waals surface area contributed by atoms with Gasteiger partial charge in [0.1, 0.15) is 12.4 Å². The molecule has 1 aromatic heterocycles. The number of rotatable bonds is 3. The largest absolute Gasteiger partial charge is 0.465 e. The normalized spacial score (nSPS) is 10.8. The van der Waals surface area contributed by atoms with Gasteiger partial charge in [0.25, 0.3) is 0 Å². The molecule has 2 N–H and O–H groups in total. The monoisotopic (exact) mass is 363 g/mol. The quantitative estimate of drug-likeness (QED) is 0.668. The van der Waals surface area contributed by atoms with Crippen LogP contribution in [-0.4, -0.2) is 22.1 Å². The zero-order chi connectivity index (χ0) is 13.3. The molecule has 0 aliphatic heterocycles. The van der Waals surface area contributed by atoms with E-state index in [2.05, 4.69) is 4.98 Å². The third kappa shape index (κ3) is 2.40. The van der Waals surface area contributed by atoms with E-state index in [9.17, 15) is 9.18 Å². The first-order valence-electron chi connectivity index (χ1n) is 5.29. The van der Waals surface area contributed by atoms with E-state index in [1.54, 1.807) is 13.0 Å². The highest BCUT2D eigenvalue weighted by Crippen LogP contribution is 2.22. The molecule has 0 atom stereocenters.